The van der Waals surface area contributed by atoms with Gasteiger partial charge in [0, 0.05) is 4.47 Å². The van der Waals surface area contributed by atoms with Crippen LogP contribution in [-0.2, 0) is 9.47 Å². The molecule has 0 N–H and O–H groups in total. The average molecular weight is 387 g/mol. The van der Waals surface area contributed by atoms with Crippen LogP contribution in [0.5, 0.6) is 0 Å². The first-order valence-corrected chi connectivity index (χ1v) is 8.62. The van der Waals surface area contributed by atoms with Gasteiger partial charge in [-0.3, -0.25) is 0 Å². The zero-order valence-electron chi connectivity index (χ0n) is 13.5. The summed E-state index contributed by atoms with van der Waals surface area (Å²) >= 11 is 3.46. The van der Waals surface area contributed by atoms with E-state index in [1.54, 1.807) is 12.1 Å². The molecule has 0 saturated carbocycles. The number of halogens is 1. The number of carbonyl (C=O) groups excluding carboxylic acids is 1. The zero-order valence-corrected chi connectivity index (χ0v) is 15.1. The molecule has 1 aliphatic rings. The predicted molar refractivity (Wildman–Crippen MR) is 96.9 cm³/mol. The summed E-state index contributed by atoms with van der Waals surface area (Å²) in [5.41, 5.74) is 3.91. The Morgan fingerprint density at radius 2 is 1.54 bits per heavy atom. The molecule has 124 valence electrons. The number of carbonyl (C=O) groups is 1. The third-order valence-electron chi connectivity index (χ3n) is 4.22. The molecule has 0 unspecified atom stereocenters. The lowest BCUT2D eigenvalue weighted by Crippen LogP contribution is -2.18. The van der Waals surface area contributed by atoms with Crippen LogP contribution in [0.25, 0.3) is 0 Å². The number of esters is 1. The first-order valence-electron chi connectivity index (χ1n) is 7.82. The predicted octanol–water partition coefficient (Wildman–Crippen LogP) is 5.38. The van der Waals surface area contributed by atoms with Crippen molar-refractivity contribution in [2.24, 2.45) is 0 Å². The Morgan fingerprint density at radius 1 is 1.04 bits per heavy atom. The fraction of sp³-hybridized carbons (Fsp3) is 0.250. The monoisotopic (exact) mass is 386 g/mol. The van der Waals surface area contributed by atoms with E-state index in [1.165, 1.54) is 12.7 Å². The molecule has 0 aromatic heterocycles. The van der Waals surface area contributed by atoms with E-state index in [0.29, 0.717) is 5.56 Å². The Bertz CT molecular complexity index is 734. The fourth-order valence-electron chi connectivity index (χ4n) is 2.92. The molecule has 0 amide bonds. The number of ether oxygens (including phenoxy) is 2. The summed E-state index contributed by atoms with van der Waals surface area (Å²) in [6.07, 6.45) is 1.58. The minimum absolute atomic E-state index is 0.00429. The molecule has 0 aliphatic carbocycles. The van der Waals surface area contributed by atoms with Crippen LogP contribution >= 0.6 is 15.9 Å². The van der Waals surface area contributed by atoms with E-state index in [4.69, 9.17) is 9.47 Å². The van der Waals surface area contributed by atoms with E-state index < -0.39 is 0 Å². The van der Waals surface area contributed by atoms with Crippen molar-refractivity contribution in [2.75, 3.05) is 7.11 Å². The van der Waals surface area contributed by atoms with Gasteiger partial charge in [-0.25, -0.2) is 4.79 Å². The molecule has 24 heavy (non-hydrogen) atoms. The van der Waals surface area contributed by atoms with E-state index in [-0.39, 0.29) is 18.2 Å². The van der Waals surface area contributed by atoms with Crippen LogP contribution in [0, 0.1) is 0 Å². The largest absolute Gasteiger partial charge is 0.465 e. The standard InChI is InChI=1S/C20H19BrO3/c1-13-11-18(14-3-5-16(6-4-14)20(22)23-2)24-19(12-13)15-7-9-17(21)10-8-15/h3-10,18-19H,1,11-12H2,2H3/t18-,19+/m0/s1. The van der Waals surface area contributed by atoms with Crippen LogP contribution in [0.15, 0.2) is 65.2 Å². The van der Waals surface area contributed by atoms with Crippen LogP contribution in [-0.4, -0.2) is 13.1 Å². The molecule has 4 heteroatoms. The van der Waals surface area contributed by atoms with Gasteiger partial charge in [0.1, 0.15) is 0 Å². The lowest BCUT2D eigenvalue weighted by atomic mass is 9.91. The van der Waals surface area contributed by atoms with Gasteiger partial charge in [0.05, 0.1) is 24.9 Å². The summed E-state index contributed by atoms with van der Waals surface area (Å²) in [5, 5.41) is 0. The highest BCUT2D eigenvalue weighted by molar-refractivity contribution is 9.10. The van der Waals surface area contributed by atoms with E-state index in [1.807, 2.05) is 24.3 Å². The summed E-state index contributed by atoms with van der Waals surface area (Å²) in [6.45, 7) is 4.18. The molecule has 2 atom stereocenters. The highest BCUT2D eigenvalue weighted by Crippen LogP contribution is 2.40. The lowest BCUT2D eigenvalue weighted by molar-refractivity contribution is -0.0345. The second kappa shape index (κ2) is 7.32. The van der Waals surface area contributed by atoms with Crippen molar-refractivity contribution >= 4 is 21.9 Å². The molecule has 2 aromatic rings. The van der Waals surface area contributed by atoms with Crippen LogP contribution in [0.4, 0.5) is 0 Å². The topological polar surface area (TPSA) is 35.5 Å². The van der Waals surface area contributed by atoms with Crippen molar-refractivity contribution in [1.29, 1.82) is 0 Å². The lowest BCUT2D eigenvalue weighted by Gasteiger charge is -2.32. The van der Waals surface area contributed by atoms with Gasteiger partial charge in [-0.05, 0) is 48.2 Å². The smallest absolute Gasteiger partial charge is 0.337 e. The van der Waals surface area contributed by atoms with Crippen LogP contribution in [0.2, 0.25) is 0 Å². The molecular weight excluding hydrogens is 368 g/mol. The highest BCUT2D eigenvalue weighted by Gasteiger charge is 2.27. The van der Waals surface area contributed by atoms with Gasteiger partial charge in [0.2, 0.25) is 0 Å². The first kappa shape index (κ1) is 16.9. The van der Waals surface area contributed by atoms with Crippen LogP contribution < -0.4 is 0 Å². The summed E-state index contributed by atoms with van der Waals surface area (Å²) in [6, 6.07) is 15.6. The van der Waals surface area contributed by atoms with Gasteiger partial charge < -0.3 is 9.47 Å². The molecule has 0 spiro atoms. The van der Waals surface area contributed by atoms with Gasteiger partial charge in [-0.2, -0.15) is 0 Å². The zero-order chi connectivity index (χ0) is 17.1. The Labute approximate surface area is 150 Å². The quantitative estimate of drug-likeness (QED) is 0.524. The Hall–Kier alpha value is -1.91. The molecule has 3 rings (SSSR count). The van der Waals surface area contributed by atoms with Crippen molar-refractivity contribution in [3.05, 3.63) is 81.8 Å². The number of methoxy groups -OCH3 is 1. The number of rotatable bonds is 3. The van der Waals surface area contributed by atoms with Crippen LogP contribution in [0.1, 0.15) is 46.5 Å². The number of hydrogen-bond acceptors (Lipinski definition) is 3. The SMILES string of the molecule is C=C1C[C@@H](c2ccc(C(=O)OC)cc2)O[C@@H](c2ccc(Br)cc2)C1. The van der Waals surface area contributed by atoms with Crippen molar-refractivity contribution in [1.82, 2.24) is 0 Å². The molecule has 1 aliphatic heterocycles. The summed E-state index contributed by atoms with van der Waals surface area (Å²) in [5.74, 6) is -0.330. The summed E-state index contributed by atoms with van der Waals surface area (Å²) in [7, 11) is 1.38. The third-order valence-corrected chi connectivity index (χ3v) is 4.75. The summed E-state index contributed by atoms with van der Waals surface area (Å²) in [4.78, 5) is 11.5. The molecule has 0 radical (unpaired) electrons. The second-order valence-corrected chi connectivity index (χ2v) is 6.85. The second-order valence-electron chi connectivity index (χ2n) is 5.94. The minimum atomic E-state index is -0.330. The molecule has 1 fully saturated rings. The Kier molecular flexibility index (Phi) is 5.17. The Balaban J connectivity index is 1.79. The maximum absolute atomic E-state index is 11.5. The average Bonchev–Trinajstić information content (AvgIpc) is 2.61. The third kappa shape index (κ3) is 3.77. The fourth-order valence-corrected chi connectivity index (χ4v) is 3.19. The molecule has 1 heterocycles. The number of benzene rings is 2. The van der Waals surface area contributed by atoms with Gasteiger partial charge in [-0.1, -0.05) is 52.3 Å². The van der Waals surface area contributed by atoms with E-state index in [2.05, 4.69) is 34.6 Å². The van der Waals surface area contributed by atoms with Crippen molar-refractivity contribution < 1.29 is 14.3 Å². The molecular formula is C20H19BrO3. The van der Waals surface area contributed by atoms with Gasteiger partial charge in [-0.15, -0.1) is 0 Å². The van der Waals surface area contributed by atoms with Gasteiger partial charge in [0.25, 0.3) is 0 Å². The molecule has 1 saturated heterocycles. The van der Waals surface area contributed by atoms with Crippen molar-refractivity contribution in [3.8, 4) is 0 Å². The van der Waals surface area contributed by atoms with E-state index in [9.17, 15) is 4.79 Å². The molecule has 2 aromatic carbocycles. The summed E-state index contributed by atoms with van der Waals surface area (Å²) < 4.78 is 12.1. The van der Waals surface area contributed by atoms with Crippen molar-refractivity contribution in [3.63, 3.8) is 0 Å². The van der Waals surface area contributed by atoms with Gasteiger partial charge in [0.15, 0.2) is 0 Å². The number of hydrogen-bond donors (Lipinski definition) is 0. The van der Waals surface area contributed by atoms with Crippen LogP contribution in [0.3, 0.4) is 0 Å². The van der Waals surface area contributed by atoms with E-state index >= 15 is 0 Å². The molecule has 3 nitrogen and oxygen atoms in total. The van der Waals surface area contributed by atoms with Gasteiger partial charge >= 0.3 is 5.97 Å². The van der Waals surface area contributed by atoms with Crippen molar-refractivity contribution in [2.45, 2.75) is 25.0 Å². The minimum Gasteiger partial charge on any atom is -0.465 e. The normalized spacial score (nSPS) is 20.7. The molecule has 0 bridgehead atoms. The Morgan fingerprint density at radius 3 is 2.04 bits per heavy atom. The maximum atomic E-state index is 11.5. The van der Waals surface area contributed by atoms with E-state index in [0.717, 1.165) is 28.4 Å². The highest BCUT2D eigenvalue weighted by atomic mass is 79.9. The first-order chi connectivity index (χ1) is 11.6. The maximum Gasteiger partial charge on any atom is 0.337 e.